The summed E-state index contributed by atoms with van der Waals surface area (Å²) in [5, 5.41) is 0. The van der Waals surface area contributed by atoms with Gasteiger partial charge in [-0.1, -0.05) is 0 Å². The van der Waals surface area contributed by atoms with Crippen molar-refractivity contribution in [3.05, 3.63) is 23.8 Å². The first-order chi connectivity index (χ1) is 8.67. The zero-order chi connectivity index (χ0) is 14.3. The van der Waals surface area contributed by atoms with Crippen molar-refractivity contribution in [2.24, 2.45) is 0 Å². The van der Waals surface area contributed by atoms with Gasteiger partial charge in [0.25, 0.3) is 0 Å². The zero-order valence-electron chi connectivity index (χ0n) is 9.94. The summed E-state index contributed by atoms with van der Waals surface area (Å²) in [6.45, 7) is 0.367. The summed E-state index contributed by atoms with van der Waals surface area (Å²) in [4.78, 5) is 1.60. The number of nitrogen functional groups attached to an aromatic ring is 1. The third kappa shape index (κ3) is 3.31. The van der Waals surface area contributed by atoms with Crippen LogP contribution in [0.3, 0.4) is 0 Å². The average molecular weight is 294 g/mol. The lowest BCUT2D eigenvalue weighted by molar-refractivity contribution is -0.137. The number of benzene rings is 1. The SMILES string of the molecule is Nc1cc(N2CCS(=O)(=O)CC2)cc(C(F)(F)F)c1. The number of sulfone groups is 1. The Kier molecular flexibility index (Phi) is 3.38. The fourth-order valence-electron chi connectivity index (χ4n) is 1.95. The van der Waals surface area contributed by atoms with E-state index in [1.54, 1.807) is 4.90 Å². The molecule has 1 heterocycles. The third-order valence-electron chi connectivity index (χ3n) is 2.98. The van der Waals surface area contributed by atoms with Crippen molar-refractivity contribution in [1.29, 1.82) is 0 Å². The Morgan fingerprint density at radius 2 is 1.68 bits per heavy atom. The van der Waals surface area contributed by atoms with Crippen molar-refractivity contribution in [3.8, 4) is 0 Å². The van der Waals surface area contributed by atoms with Gasteiger partial charge in [0.05, 0.1) is 17.1 Å². The molecule has 106 valence electrons. The molecular formula is C11H13F3N2O2S. The number of alkyl halides is 3. The molecule has 0 spiro atoms. The van der Waals surface area contributed by atoms with E-state index in [2.05, 4.69) is 0 Å². The van der Waals surface area contributed by atoms with Crippen LogP contribution in [0.25, 0.3) is 0 Å². The van der Waals surface area contributed by atoms with Crippen LogP contribution in [0.2, 0.25) is 0 Å². The van der Waals surface area contributed by atoms with E-state index in [9.17, 15) is 21.6 Å². The van der Waals surface area contributed by atoms with E-state index in [0.717, 1.165) is 12.1 Å². The monoisotopic (exact) mass is 294 g/mol. The molecule has 2 rings (SSSR count). The summed E-state index contributed by atoms with van der Waals surface area (Å²) in [5.41, 5.74) is 4.97. The molecule has 1 aromatic carbocycles. The van der Waals surface area contributed by atoms with Gasteiger partial charge in [-0.05, 0) is 18.2 Å². The van der Waals surface area contributed by atoms with Crippen LogP contribution >= 0.6 is 0 Å². The number of halogens is 3. The first kappa shape index (κ1) is 14.0. The van der Waals surface area contributed by atoms with Gasteiger partial charge in [0.2, 0.25) is 0 Å². The Hall–Kier alpha value is -1.44. The van der Waals surface area contributed by atoms with Crippen LogP contribution in [0.15, 0.2) is 18.2 Å². The predicted octanol–water partition coefficient (Wildman–Crippen LogP) is 1.52. The van der Waals surface area contributed by atoms with E-state index in [1.165, 1.54) is 6.07 Å². The molecule has 0 amide bonds. The summed E-state index contributed by atoms with van der Waals surface area (Å²) < 4.78 is 60.6. The standard InChI is InChI=1S/C11H13F3N2O2S/c12-11(13,14)8-5-9(15)7-10(6-8)16-1-3-19(17,18)4-2-16/h5-7H,1-4,15H2. The number of nitrogens with zero attached hydrogens (tertiary/aromatic N) is 1. The maximum Gasteiger partial charge on any atom is 0.416 e. The van der Waals surface area contributed by atoms with Gasteiger partial charge in [0.1, 0.15) is 0 Å². The number of nitrogens with two attached hydrogens (primary N) is 1. The molecule has 0 aliphatic carbocycles. The summed E-state index contributed by atoms with van der Waals surface area (Å²) >= 11 is 0. The van der Waals surface area contributed by atoms with Crippen LogP contribution in [0.5, 0.6) is 0 Å². The smallest absolute Gasteiger partial charge is 0.399 e. The lowest BCUT2D eigenvalue weighted by Gasteiger charge is -2.29. The van der Waals surface area contributed by atoms with Crippen molar-refractivity contribution >= 4 is 21.2 Å². The number of hydrogen-bond acceptors (Lipinski definition) is 4. The molecule has 0 saturated carbocycles. The molecule has 0 radical (unpaired) electrons. The molecule has 0 unspecified atom stereocenters. The van der Waals surface area contributed by atoms with E-state index < -0.39 is 21.6 Å². The average Bonchev–Trinajstić information content (AvgIpc) is 2.26. The van der Waals surface area contributed by atoms with Crippen LogP contribution < -0.4 is 10.6 Å². The Balaban J connectivity index is 2.29. The highest BCUT2D eigenvalue weighted by Gasteiger charge is 2.32. The molecule has 0 bridgehead atoms. The van der Waals surface area contributed by atoms with Crippen LogP contribution in [0, 0.1) is 0 Å². The second-order valence-corrected chi connectivity index (χ2v) is 6.75. The minimum atomic E-state index is -4.47. The Labute approximate surface area is 108 Å². The highest BCUT2D eigenvalue weighted by molar-refractivity contribution is 7.91. The summed E-state index contributed by atoms with van der Waals surface area (Å²) in [6.07, 6.45) is -4.47. The van der Waals surface area contributed by atoms with Crippen molar-refractivity contribution < 1.29 is 21.6 Å². The Morgan fingerprint density at radius 3 is 2.21 bits per heavy atom. The van der Waals surface area contributed by atoms with Gasteiger partial charge in [0, 0.05) is 24.5 Å². The maximum absolute atomic E-state index is 12.7. The normalized spacial score (nSPS) is 19.4. The highest BCUT2D eigenvalue weighted by Crippen LogP contribution is 2.34. The van der Waals surface area contributed by atoms with Crippen LogP contribution in [-0.2, 0) is 16.0 Å². The summed E-state index contributed by atoms with van der Waals surface area (Å²) in [5.74, 6) is -0.105. The van der Waals surface area contributed by atoms with Gasteiger partial charge in [-0.2, -0.15) is 13.2 Å². The maximum atomic E-state index is 12.7. The molecule has 2 N–H and O–H groups in total. The molecule has 8 heteroatoms. The van der Waals surface area contributed by atoms with E-state index in [0.29, 0.717) is 5.69 Å². The van der Waals surface area contributed by atoms with Crippen molar-refractivity contribution in [1.82, 2.24) is 0 Å². The molecule has 4 nitrogen and oxygen atoms in total. The molecule has 19 heavy (non-hydrogen) atoms. The van der Waals surface area contributed by atoms with Gasteiger partial charge in [-0.25, -0.2) is 8.42 Å². The van der Waals surface area contributed by atoms with Crippen LogP contribution in [0.4, 0.5) is 24.5 Å². The van der Waals surface area contributed by atoms with Crippen molar-refractivity contribution in [3.63, 3.8) is 0 Å². The second-order valence-electron chi connectivity index (χ2n) is 4.45. The summed E-state index contributed by atoms with van der Waals surface area (Å²) in [6, 6.07) is 3.28. The molecular weight excluding hydrogens is 281 g/mol. The topological polar surface area (TPSA) is 63.4 Å². The Morgan fingerprint density at radius 1 is 1.11 bits per heavy atom. The van der Waals surface area contributed by atoms with Gasteiger partial charge in [-0.3, -0.25) is 0 Å². The quantitative estimate of drug-likeness (QED) is 0.798. The second kappa shape index (κ2) is 4.59. The largest absolute Gasteiger partial charge is 0.416 e. The lowest BCUT2D eigenvalue weighted by atomic mass is 10.1. The number of hydrogen-bond donors (Lipinski definition) is 1. The molecule has 1 fully saturated rings. The van der Waals surface area contributed by atoms with Gasteiger partial charge < -0.3 is 10.6 Å². The van der Waals surface area contributed by atoms with Gasteiger partial charge >= 0.3 is 6.18 Å². The van der Waals surface area contributed by atoms with Crippen LogP contribution in [-0.4, -0.2) is 33.0 Å². The van der Waals surface area contributed by atoms with E-state index in [1.807, 2.05) is 0 Å². The minimum Gasteiger partial charge on any atom is -0.399 e. The fraction of sp³-hybridized carbons (Fsp3) is 0.455. The predicted molar refractivity (Wildman–Crippen MR) is 66.7 cm³/mol. The van der Waals surface area contributed by atoms with Crippen molar-refractivity contribution in [2.75, 3.05) is 35.2 Å². The fourth-order valence-corrected chi connectivity index (χ4v) is 3.15. The molecule has 0 atom stereocenters. The van der Waals surface area contributed by atoms with E-state index in [-0.39, 0.29) is 30.3 Å². The summed E-state index contributed by atoms with van der Waals surface area (Å²) in [7, 11) is -3.07. The Bertz CT molecular complexity index is 570. The first-order valence-electron chi connectivity index (χ1n) is 5.60. The van der Waals surface area contributed by atoms with E-state index in [4.69, 9.17) is 5.73 Å². The minimum absolute atomic E-state index is 0.0123. The van der Waals surface area contributed by atoms with Crippen LogP contribution in [0.1, 0.15) is 5.56 Å². The molecule has 1 aromatic rings. The third-order valence-corrected chi connectivity index (χ3v) is 4.59. The molecule has 0 aromatic heterocycles. The zero-order valence-corrected chi connectivity index (χ0v) is 10.8. The lowest BCUT2D eigenvalue weighted by Crippen LogP contribution is -2.40. The first-order valence-corrected chi connectivity index (χ1v) is 7.43. The number of rotatable bonds is 1. The molecule has 1 aliphatic heterocycles. The van der Waals surface area contributed by atoms with Crippen molar-refractivity contribution in [2.45, 2.75) is 6.18 Å². The molecule has 1 saturated heterocycles. The number of anilines is 2. The molecule has 1 aliphatic rings. The van der Waals surface area contributed by atoms with Gasteiger partial charge in [0.15, 0.2) is 9.84 Å². The van der Waals surface area contributed by atoms with E-state index >= 15 is 0 Å². The highest BCUT2D eigenvalue weighted by atomic mass is 32.2. The van der Waals surface area contributed by atoms with Gasteiger partial charge in [-0.15, -0.1) is 0 Å².